The molecule has 1 rings (SSSR count). The van der Waals surface area contributed by atoms with Crippen LogP contribution in [0.2, 0.25) is 0 Å². The van der Waals surface area contributed by atoms with E-state index >= 15 is 0 Å². The van der Waals surface area contributed by atoms with Crippen LogP contribution in [0.4, 0.5) is 4.79 Å². The first-order chi connectivity index (χ1) is 9.60. The van der Waals surface area contributed by atoms with Crippen LogP contribution in [0, 0.1) is 6.92 Å². The predicted molar refractivity (Wildman–Crippen MR) is 77.3 cm³/mol. The Balaban J connectivity index is 2.46. The fourth-order valence-corrected chi connectivity index (χ4v) is 1.96. The molecule has 1 heterocycles. The minimum atomic E-state index is -0.796. The average molecular weight is 298 g/mol. The molecule has 119 valence electrons. The number of amides is 3. The number of hydrogen-bond acceptors (Lipinski definition) is 4. The number of piperazine rings is 1. The Hall–Kier alpha value is -1.79. The number of rotatable bonds is 2. The van der Waals surface area contributed by atoms with E-state index in [4.69, 9.17) is 4.74 Å². The van der Waals surface area contributed by atoms with E-state index in [1.165, 1.54) is 6.92 Å². The van der Waals surface area contributed by atoms with Gasteiger partial charge in [-0.3, -0.25) is 9.59 Å². The van der Waals surface area contributed by atoms with E-state index in [1.54, 1.807) is 9.80 Å². The lowest BCUT2D eigenvalue weighted by molar-refractivity contribution is -0.136. The van der Waals surface area contributed by atoms with Crippen molar-refractivity contribution in [1.82, 2.24) is 15.1 Å². The zero-order valence-electron chi connectivity index (χ0n) is 13.1. The van der Waals surface area contributed by atoms with Crippen LogP contribution in [-0.4, -0.2) is 65.5 Å². The van der Waals surface area contributed by atoms with Gasteiger partial charge in [-0.05, 0) is 27.7 Å². The van der Waals surface area contributed by atoms with E-state index in [0.29, 0.717) is 26.2 Å². The van der Waals surface area contributed by atoms with E-state index in [2.05, 4.69) is 12.2 Å². The van der Waals surface area contributed by atoms with Gasteiger partial charge in [-0.25, -0.2) is 4.79 Å². The molecule has 1 saturated heterocycles. The van der Waals surface area contributed by atoms with Crippen molar-refractivity contribution in [3.8, 4) is 0 Å². The van der Waals surface area contributed by atoms with Crippen LogP contribution in [-0.2, 0) is 14.3 Å². The van der Waals surface area contributed by atoms with Crippen LogP contribution >= 0.6 is 0 Å². The quantitative estimate of drug-likeness (QED) is 0.800. The second-order valence-electron chi connectivity index (χ2n) is 6.05. The second-order valence-corrected chi connectivity index (χ2v) is 6.05. The van der Waals surface area contributed by atoms with Gasteiger partial charge in [0.15, 0.2) is 0 Å². The highest BCUT2D eigenvalue weighted by Crippen LogP contribution is 2.12. The summed E-state index contributed by atoms with van der Waals surface area (Å²) in [6.07, 6.45) is -0.373. The van der Waals surface area contributed by atoms with Gasteiger partial charge in [0.05, 0.1) is 0 Å². The lowest BCUT2D eigenvalue weighted by Crippen LogP contribution is -2.55. The molecule has 0 aromatic carbocycles. The summed E-state index contributed by atoms with van der Waals surface area (Å²) >= 11 is 0. The average Bonchev–Trinajstić information content (AvgIpc) is 2.35. The molecule has 0 bridgehead atoms. The maximum absolute atomic E-state index is 12.1. The Morgan fingerprint density at radius 1 is 1.10 bits per heavy atom. The lowest BCUT2D eigenvalue weighted by Gasteiger charge is -2.36. The van der Waals surface area contributed by atoms with Crippen LogP contribution in [0.15, 0.2) is 0 Å². The fourth-order valence-electron chi connectivity index (χ4n) is 1.96. The zero-order chi connectivity index (χ0) is 16.2. The fraction of sp³-hybridized carbons (Fsp3) is 0.714. The van der Waals surface area contributed by atoms with Crippen LogP contribution in [0.5, 0.6) is 0 Å². The molecule has 0 spiro atoms. The first kappa shape index (κ1) is 17.3. The summed E-state index contributed by atoms with van der Waals surface area (Å²) in [5.74, 6) is -0.537. The van der Waals surface area contributed by atoms with Crippen LogP contribution < -0.4 is 5.32 Å². The molecule has 1 radical (unpaired) electrons. The summed E-state index contributed by atoms with van der Waals surface area (Å²) in [4.78, 5) is 38.0. The van der Waals surface area contributed by atoms with Crippen LogP contribution in [0.25, 0.3) is 0 Å². The second kappa shape index (κ2) is 6.78. The van der Waals surface area contributed by atoms with E-state index in [1.807, 2.05) is 20.8 Å². The number of ether oxygens (including phenoxy) is 1. The van der Waals surface area contributed by atoms with Crippen molar-refractivity contribution in [2.45, 2.75) is 39.3 Å². The molecule has 0 aromatic rings. The Labute approximate surface area is 125 Å². The van der Waals surface area contributed by atoms with Crippen molar-refractivity contribution in [3.05, 3.63) is 6.92 Å². The van der Waals surface area contributed by atoms with E-state index < -0.39 is 11.6 Å². The van der Waals surface area contributed by atoms with Crippen molar-refractivity contribution in [2.24, 2.45) is 0 Å². The molecule has 0 saturated carbocycles. The Bertz CT molecular complexity index is 409. The number of nitrogens with one attached hydrogen (secondary N) is 1. The third-order valence-corrected chi connectivity index (χ3v) is 2.92. The summed E-state index contributed by atoms with van der Waals surface area (Å²) in [5.41, 5.74) is -0.534. The summed E-state index contributed by atoms with van der Waals surface area (Å²) in [6, 6.07) is -0.796. The highest BCUT2D eigenvalue weighted by atomic mass is 16.6. The number of nitrogens with zero attached hydrogens (tertiary/aromatic N) is 2. The molecule has 7 heteroatoms. The van der Waals surface area contributed by atoms with Crippen LogP contribution in [0.3, 0.4) is 0 Å². The minimum absolute atomic E-state index is 0.242. The van der Waals surface area contributed by atoms with Crippen molar-refractivity contribution in [2.75, 3.05) is 26.2 Å². The molecule has 1 fully saturated rings. The molecular formula is C14H24N3O4. The molecule has 1 aliphatic rings. The highest BCUT2D eigenvalue weighted by molar-refractivity contribution is 5.87. The normalized spacial score (nSPS) is 17.2. The van der Waals surface area contributed by atoms with Gasteiger partial charge >= 0.3 is 6.09 Å². The topological polar surface area (TPSA) is 79.0 Å². The molecule has 21 heavy (non-hydrogen) atoms. The van der Waals surface area contributed by atoms with Crippen molar-refractivity contribution >= 4 is 17.9 Å². The molecule has 7 nitrogen and oxygen atoms in total. The Morgan fingerprint density at radius 3 is 2.00 bits per heavy atom. The zero-order valence-corrected chi connectivity index (χ0v) is 13.1. The molecule has 3 amide bonds. The van der Waals surface area contributed by atoms with Gasteiger partial charge in [0.25, 0.3) is 0 Å². The summed E-state index contributed by atoms with van der Waals surface area (Å²) < 4.78 is 5.29. The van der Waals surface area contributed by atoms with Crippen LogP contribution in [0.1, 0.15) is 27.7 Å². The third kappa shape index (κ3) is 5.61. The largest absolute Gasteiger partial charge is 0.444 e. The number of hydrogen-bond donors (Lipinski definition) is 1. The van der Waals surface area contributed by atoms with E-state index in [9.17, 15) is 14.4 Å². The van der Waals surface area contributed by atoms with Crippen molar-refractivity contribution in [1.29, 1.82) is 0 Å². The smallest absolute Gasteiger partial charge is 0.410 e. The van der Waals surface area contributed by atoms with Gasteiger partial charge in [-0.1, -0.05) is 0 Å². The van der Waals surface area contributed by atoms with Gasteiger partial charge in [-0.2, -0.15) is 0 Å². The summed E-state index contributed by atoms with van der Waals surface area (Å²) in [7, 11) is 0. The molecule has 1 N–H and O–H groups in total. The first-order valence-corrected chi connectivity index (χ1v) is 6.97. The molecule has 1 aliphatic heterocycles. The van der Waals surface area contributed by atoms with Gasteiger partial charge in [-0.15, -0.1) is 0 Å². The summed E-state index contributed by atoms with van der Waals surface area (Å²) in [6.45, 7) is 12.0. The van der Waals surface area contributed by atoms with E-state index in [0.717, 1.165) is 0 Å². The molecule has 1 unspecified atom stereocenters. The van der Waals surface area contributed by atoms with Gasteiger partial charge < -0.3 is 19.9 Å². The van der Waals surface area contributed by atoms with Crippen molar-refractivity contribution in [3.63, 3.8) is 0 Å². The maximum atomic E-state index is 12.1. The molecule has 0 aliphatic carbocycles. The summed E-state index contributed by atoms with van der Waals surface area (Å²) in [5, 5.41) is 2.46. The van der Waals surface area contributed by atoms with E-state index in [-0.39, 0.29) is 17.9 Å². The van der Waals surface area contributed by atoms with Crippen molar-refractivity contribution < 1.29 is 19.1 Å². The Morgan fingerprint density at radius 2 is 1.57 bits per heavy atom. The van der Waals surface area contributed by atoms with Gasteiger partial charge in [0, 0.05) is 33.1 Å². The highest BCUT2D eigenvalue weighted by Gasteiger charge is 2.29. The maximum Gasteiger partial charge on any atom is 0.410 e. The Kier molecular flexibility index (Phi) is 5.57. The minimum Gasteiger partial charge on any atom is -0.444 e. The predicted octanol–water partition coefficient (Wildman–Crippen LogP) is 0.404. The monoisotopic (exact) mass is 298 g/mol. The van der Waals surface area contributed by atoms with Gasteiger partial charge in [0.1, 0.15) is 11.6 Å². The number of carbonyl (C=O) groups is 3. The van der Waals surface area contributed by atoms with Gasteiger partial charge in [0.2, 0.25) is 11.8 Å². The molecule has 0 aromatic heterocycles. The molecular weight excluding hydrogens is 274 g/mol. The molecule has 1 atom stereocenters. The SMILES string of the molecule is [CH2]C(NC(C)=O)C(=O)N1CCN(C(=O)OC(C)(C)C)CC1. The third-order valence-electron chi connectivity index (χ3n) is 2.92. The first-order valence-electron chi connectivity index (χ1n) is 6.97. The number of carbonyl (C=O) groups excluding carboxylic acids is 3. The lowest BCUT2D eigenvalue weighted by atomic mass is 10.2. The standard InChI is InChI=1S/C14H24N3O4/c1-10(15-11(2)18)12(19)16-6-8-17(9-7-16)13(20)21-14(3,4)5/h10H,1,6-9H2,2-5H3,(H,15,18).